The number of aryl methyl sites for hydroxylation is 1. The van der Waals surface area contributed by atoms with E-state index < -0.39 is 12.0 Å². The lowest BCUT2D eigenvalue weighted by Gasteiger charge is -2.29. The summed E-state index contributed by atoms with van der Waals surface area (Å²) in [7, 11) is 0. The fourth-order valence-electron chi connectivity index (χ4n) is 3.69. The van der Waals surface area contributed by atoms with Gasteiger partial charge in [-0.3, -0.25) is 0 Å². The third-order valence-corrected chi connectivity index (χ3v) is 7.10. The van der Waals surface area contributed by atoms with E-state index in [0.29, 0.717) is 32.0 Å². The Labute approximate surface area is 210 Å². The van der Waals surface area contributed by atoms with E-state index in [2.05, 4.69) is 53.9 Å². The minimum absolute atomic E-state index is 0.0822. The summed E-state index contributed by atoms with van der Waals surface area (Å²) in [6.45, 7) is 10.0. The van der Waals surface area contributed by atoms with Gasteiger partial charge in [-0.05, 0) is 33.3 Å². The number of rotatable bonds is 9. The Kier molecular flexibility index (Phi) is 7.77. The second-order valence-corrected chi connectivity index (χ2v) is 12.2. The second kappa shape index (κ2) is 10.5. The van der Waals surface area contributed by atoms with E-state index in [1.807, 2.05) is 4.90 Å². The van der Waals surface area contributed by atoms with Crippen molar-refractivity contribution in [3.8, 4) is 6.01 Å². The zero-order chi connectivity index (χ0) is 25.2. The monoisotopic (exact) mass is 531 g/mol. The number of ether oxygens (including phenoxy) is 1. The zero-order valence-corrected chi connectivity index (χ0v) is 21.9. The molecule has 0 aliphatic carbocycles. The van der Waals surface area contributed by atoms with Gasteiger partial charge in [0.25, 0.3) is 0 Å². The Morgan fingerprint density at radius 2 is 1.91 bits per heavy atom. The van der Waals surface area contributed by atoms with Crippen LogP contribution >= 0.6 is 11.3 Å². The van der Waals surface area contributed by atoms with Crippen LogP contribution in [0.2, 0.25) is 0 Å². The maximum absolute atomic E-state index is 13.2. The summed E-state index contributed by atoms with van der Waals surface area (Å²) in [5.74, 6) is -0.0521. The number of thiol groups is 1. The summed E-state index contributed by atoms with van der Waals surface area (Å²) in [6.07, 6.45) is -1.92. The molecule has 0 atom stereocenters. The molecule has 4 heterocycles. The molecule has 0 aromatic carbocycles. The fourth-order valence-corrected chi connectivity index (χ4v) is 5.41. The Morgan fingerprint density at radius 3 is 2.63 bits per heavy atom. The molecule has 0 unspecified atom stereocenters. The number of aromatic nitrogens is 5. The molecule has 8 nitrogen and oxygen atoms in total. The maximum Gasteiger partial charge on any atom is 0.451 e. The van der Waals surface area contributed by atoms with Crippen LogP contribution < -0.4 is 9.64 Å². The van der Waals surface area contributed by atoms with Crippen LogP contribution in [0.3, 0.4) is 0 Å². The Morgan fingerprint density at radius 1 is 1.11 bits per heavy atom. The van der Waals surface area contributed by atoms with Crippen LogP contribution in [0.5, 0.6) is 6.01 Å². The molecule has 0 N–H and O–H groups in total. The number of hydrogen-bond acceptors (Lipinski definition) is 8. The molecule has 0 fully saturated rings. The lowest BCUT2D eigenvalue weighted by atomic mass is 10.2. The quantitative estimate of drug-likeness (QED) is 0.227. The first-order chi connectivity index (χ1) is 16.5. The minimum atomic E-state index is -4.53. The topological polar surface area (TPSA) is 78.2 Å². The van der Waals surface area contributed by atoms with Crippen LogP contribution in [0.1, 0.15) is 57.1 Å². The fraction of sp³-hybridized carbons (Fsp3) is 0.636. The normalized spacial score (nSPS) is 14.5. The number of anilines is 1. The highest BCUT2D eigenvalue weighted by Crippen LogP contribution is 2.36. The molecule has 0 amide bonds. The average Bonchev–Trinajstić information content (AvgIpc) is 3.38. The molecular formula is C22H30F3N6O2S2+. The van der Waals surface area contributed by atoms with Gasteiger partial charge in [-0.15, -0.1) is 21.5 Å². The van der Waals surface area contributed by atoms with E-state index in [1.54, 1.807) is 11.3 Å². The Hall–Kier alpha value is -2.12. The molecule has 3 aromatic rings. The van der Waals surface area contributed by atoms with Crippen molar-refractivity contribution in [2.75, 3.05) is 24.7 Å². The number of hydrogen-bond donors (Lipinski definition) is 0. The summed E-state index contributed by atoms with van der Waals surface area (Å²) in [4.78, 5) is 13.2. The first-order valence-corrected chi connectivity index (χ1v) is 13.2. The highest BCUT2D eigenvalue weighted by atomic mass is 32.2. The number of fused-ring (bicyclic) bond motifs is 2. The Balaban J connectivity index is 1.53. The smallest absolute Gasteiger partial charge is 0.451 e. The molecule has 1 aliphatic rings. The van der Waals surface area contributed by atoms with Crippen LogP contribution in [0.25, 0.3) is 10.2 Å². The first-order valence-electron chi connectivity index (χ1n) is 11.6. The molecule has 192 valence electrons. The van der Waals surface area contributed by atoms with Crippen molar-refractivity contribution >= 4 is 39.4 Å². The van der Waals surface area contributed by atoms with Crippen molar-refractivity contribution in [3.05, 3.63) is 22.6 Å². The van der Waals surface area contributed by atoms with Gasteiger partial charge in [0.2, 0.25) is 5.82 Å². The van der Waals surface area contributed by atoms with Gasteiger partial charge in [0.15, 0.2) is 5.82 Å². The van der Waals surface area contributed by atoms with Crippen molar-refractivity contribution in [2.24, 2.45) is 0 Å². The van der Waals surface area contributed by atoms with Gasteiger partial charge in [0.05, 0.1) is 18.5 Å². The molecule has 0 radical (unpaired) electrons. The molecule has 35 heavy (non-hydrogen) atoms. The molecule has 0 spiro atoms. The summed E-state index contributed by atoms with van der Waals surface area (Å²) in [5, 5.41) is 8.05. The summed E-state index contributed by atoms with van der Waals surface area (Å²) in [5.41, 5.74) is 0. The van der Waals surface area contributed by atoms with Crippen molar-refractivity contribution in [2.45, 2.75) is 71.0 Å². The number of halogens is 3. The SMILES string of the molecule is CCCc1cc2c(N3CCn4c(nnc4C(F)(F)F)C3)nc(OCCCO[SH+]C(C)(C)C)nc2s1. The van der Waals surface area contributed by atoms with Crippen molar-refractivity contribution < 1.29 is 22.1 Å². The van der Waals surface area contributed by atoms with Gasteiger partial charge < -0.3 is 14.2 Å². The third-order valence-electron chi connectivity index (χ3n) is 5.16. The van der Waals surface area contributed by atoms with E-state index >= 15 is 0 Å². The van der Waals surface area contributed by atoms with E-state index in [-0.39, 0.29) is 29.7 Å². The summed E-state index contributed by atoms with van der Waals surface area (Å²) < 4.78 is 52.5. The lowest BCUT2D eigenvalue weighted by molar-refractivity contribution is -0.147. The molecule has 4 rings (SSSR count). The Bertz CT molecular complexity index is 1160. The van der Waals surface area contributed by atoms with Gasteiger partial charge >= 0.3 is 12.2 Å². The molecule has 0 saturated heterocycles. The van der Waals surface area contributed by atoms with Gasteiger partial charge in [-0.1, -0.05) is 13.3 Å². The molecule has 0 saturated carbocycles. The van der Waals surface area contributed by atoms with E-state index in [9.17, 15) is 13.2 Å². The predicted molar refractivity (Wildman–Crippen MR) is 132 cm³/mol. The molecule has 13 heteroatoms. The second-order valence-electron chi connectivity index (χ2n) is 9.32. The number of alkyl halides is 3. The molecule has 3 aromatic heterocycles. The molecular weight excluding hydrogens is 501 g/mol. The van der Waals surface area contributed by atoms with Crippen LogP contribution in [-0.2, 0) is 41.9 Å². The highest BCUT2D eigenvalue weighted by Gasteiger charge is 2.39. The van der Waals surface area contributed by atoms with Gasteiger partial charge in [-0.2, -0.15) is 27.3 Å². The van der Waals surface area contributed by atoms with E-state index in [4.69, 9.17) is 8.92 Å². The lowest BCUT2D eigenvalue weighted by Crippen LogP contribution is -2.36. The predicted octanol–water partition coefficient (Wildman–Crippen LogP) is 4.59. The molecule has 0 bridgehead atoms. The largest absolute Gasteiger partial charge is 0.463 e. The van der Waals surface area contributed by atoms with E-state index in [0.717, 1.165) is 39.7 Å². The summed E-state index contributed by atoms with van der Waals surface area (Å²) in [6, 6.07) is 2.33. The van der Waals surface area contributed by atoms with Crippen LogP contribution in [-0.4, -0.2) is 49.2 Å². The van der Waals surface area contributed by atoms with Crippen LogP contribution in [0, 0.1) is 0 Å². The summed E-state index contributed by atoms with van der Waals surface area (Å²) >= 11 is 2.52. The van der Waals surface area contributed by atoms with Crippen LogP contribution in [0.15, 0.2) is 6.07 Å². The van der Waals surface area contributed by atoms with Crippen molar-refractivity contribution in [1.29, 1.82) is 0 Å². The van der Waals surface area contributed by atoms with E-state index in [1.165, 1.54) is 4.88 Å². The average molecular weight is 532 g/mol. The highest BCUT2D eigenvalue weighted by molar-refractivity contribution is 7.75. The first kappa shape index (κ1) is 26.0. The standard InChI is InChI=1S/C22H29F3N6O2S2/c1-5-7-14-12-15-17(30-8-9-31-16(13-30)28-29-19(31)22(23,24)25)26-20(27-18(15)34-14)32-10-6-11-33-35-21(2,3)4/h12H,5-11,13H2,1-4H3/p+1. The van der Waals surface area contributed by atoms with Gasteiger partial charge in [0.1, 0.15) is 34.0 Å². The molecule has 1 aliphatic heterocycles. The van der Waals surface area contributed by atoms with Crippen molar-refractivity contribution in [1.82, 2.24) is 24.7 Å². The van der Waals surface area contributed by atoms with Crippen LogP contribution in [0.4, 0.5) is 19.0 Å². The minimum Gasteiger partial charge on any atom is -0.463 e. The number of nitrogens with zero attached hydrogens (tertiary/aromatic N) is 6. The van der Waals surface area contributed by atoms with Gasteiger partial charge in [-0.25, -0.2) is 0 Å². The zero-order valence-electron chi connectivity index (χ0n) is 20.2. The maximum atomic E-state index is 13.2. The third kappa shape index (κ3) is 6.36. The number of thiophene rings is 1. The van der Waals surface area contributed by atoms with Crippen molar-refractivity contribution in [3.63, 3.8) is 0 Å². The van der Waals surface area contributed by atoms with Gasteiger partial charge in [0, 0.05) is 24.4 Å².